The summed E-state index contributed by atoms with van der Waals surface area (Å²) in [4.78, 5) is 2.39. The monoisotopic (exact) mass is 429 g/mol. The van der Waals surface area contributed by atoms with Gasteiger partial charge >= 0.3 is 0 Å². The molecule has 0 amide bonds. The minimum atomic E-state index is -0.208. The zero-order chi connectivity index (χ0) is 21.9. The van der Waals surface area contributed by atoms with Crippen molar-refractivity contribution in [1.29, 1.82) is 0 Å². The van der Waals surface area contributed by atoms with Crippen LogP contribution in [-0.2, 0) is 5.54 Å². The van der Waals surface area contributed by atoms with Gasteiger partial charge in [-0.1, -0.05) is 43.5 Å². The third kappa shape index (κ3) is 2.85. The molecule has 3 atom stereocenters. The first-order valence-corrected chi connectivity index (χ1v) is 11.9. The fourth-order valence-electron chi connectivity index (χ4n) is 7.47. The number of tetrazole rings is 1. The number of aromatic hydroxyl groups is 1. The second kappa shape index (κ2) is 7.41. The summed E-state index contributed by atoms with van der Waals surface area (Å²) < 4.78 is 2.19. The van der Waals surface area contributed by atoms with Crippen LogP contribution in [0.15, 0.2) is 60.7 Å². The minimum absolute atomic E-state index is 0.0498. The Morgan fingerprint density at radius 2 is 1.81 bits per heavy atom. The van der Waals surface area contributed by atoms with Crippen molar-refractivity contribution in [2.75, 3.05) is 13.1 Å². The van der Waals surface area contributed by atoms with E-state index in [1.165, 1.54) is 43.3 Å². The molecule has 166 valence electrons. The van der Waals surface area contributed by atoms with E-state index in [9.17, 15) is 5.11 Å². The summed E-state index contributed by atoms with van der Waals surface area (Å²) in [6, 6.07) is 7.42. The highest BCUT2D eigenvalue weighted by atomic mass is 16.3. The van der Waals surface area contributed by atoms with Crippen LogP contribution in [0.3, 0.4) is 0 Å². The number of aromatic nitrogens is 4. The second-order valence-electron chi connectivity index (χ2n) is 10.2. The zero-order valence-electron chi connectivity index (χ0n) is 18.5. The second-order valence-corrected chi connectivity index (χ2v) is 10.2. The number of phenols is 1. The molecule has 2 aromatic rings. The quantitative estimate of drug-likeness (QED) is 0.738. The molecular weight excluding hydrogens is 398 g/mol. The van der Waals surface area contributed by atoms with Crippen LogP contribution in [0.5, 0.6) is 5.75 Å². The maximum Gasteiger partial charge on any atom is 0.173 e. The van der Waals surface area contributed by atoms with Crippen LogP contribution >= 0.6 is 0 Å². The number of para-hydroxylation sites is 1. The first-order valence-electron chi connectivity index (χ1n) is 11.9. The molecule has 1 aliphatic heterocycles. The van der Waals surface area contributed by atoms with Crippen LogP contribution < -0.4 is 0 Å². The number of hydrogen-bond donors (Lipinski definition) is 1. The highest BCUT2D eigenvalue weighted by Crippen LogP contribution is 2.64. The van der Waals surface area contributed by atoms with E-state index in [2.05, 4.69) is 38.3 Å². The van der Waals surface area contributed by atoms with Crippen molar-refractivity contribution >= 4 is 0 Å². The van der Waals surface area contributed by atoms with Crippen LogP contribution in [0.1, 0.15) is 56.0 Å². The van der Waals surface area contributed by atoms with E-state index >= 15 is 0 Å². The molecule has 2 heterocycles. The highest BCUT2D eigenvalue weighted by molar-refractivity contribution is 5.40. The van der Waals surface area contributed by atoms with Crippen LogP contribution in [0.25, 0.3) is 0 Å². The highest BCUT2D eigenvalue weighted by Gasteiger charge is 2.60. The van der Waals surface area contributed by atoms with Crippen molar-refractivity contribution in [3.8, 4) is 5.75 Å². The first kappa shape index (κ1) is 19.9. The first-order chi connectivity index (χ1) is 15.6. The van der Waals surface area contributed by atoms with E-state index < -0.39 is 0 Å². The van der Waals surface area contributed by atoms with Crippen molar-refractivity contribution in [2.45, 2.75) is 50.1 Å². The minimum Gasteiger partial charge on any atom is -0.508 e. The maximum atomic E-state index is 10.9. The average molecular weight is 430 g/mol. The standard InChI is InChI=1S/C26H31N5O/c1-3-19-9-10-30(16-20(19)4-2)24(22-7-5-6-8-23(22)32)25-27-28-29-31(25)26-14-17-11-18(15-26)13-21(26)12-17/h3-8,17-18,21,24,32H,1-2,9-16H2. The molecule has 0 spiro atoms. The fourth-order valence-corrected chi connectivity index (χ4v) is 7.47. The Kier molecular flexibility index (Phi) is 4.61. The SMILES string of the molecule is C=CC1=C(C=C)CN(C(c2ccccc2O)c2nnnn2C23CC4CC(CC2C4)C3)CC1. The molecule has 0 saturated heterocycles. The Morgan fingerprint density at radius 1 is 1.06 bits per heavy atom. The van der Waals surface area contributed by atoms with Crippen LogP contribution in [0, 0.1) is 17.8 Å². The largest absolute Gasteiger partial charge is 0.508 e. The molecule has 1 aromatic heterocycles. The molecule has 7 rings (SSSR count). The molecule has 4 aliphatic carbocycles. The van der Waals surface area contributed by atoms with Crippen molar-refractivity contribution in [3.63, 3.8) is 0 Å². The Bertz CT molecular complexity index is 1090. The number of rotatable bonds is 6. The van der Waals surface area contributed by atoms with Gasteiger partial charge in [0.05, 0.1) is 5.54 Å². The summed E-state index contributed by atoms with van der Waals surface area (Å²) >= 11 is 0. The summed E-state index contributed by atoms with van der Waals surface area (Å²) in [5.74, 6) is 3.46. The smallest absolute Gasteiger partial charge is 0.173 e. The van der Waals surface area contributed by atoms with Crippen molar-refractivity contribution in [2.24, 2.45) is 17.8 Å². The number of allylic oxidation sites excluding steroid dienone is 1. The Morgan fingerprint density at radius 3 is 2.53 bits per heavy atom. The van der Waals surface area contributed by atoms with Gasteiger partial charge in [-0.15, -0.1) is 5.10 Å². The van der Waals surface area contributed by atoms with E-state index in [0.717, 1.165) is 42.7 Å². The molecule has 4 fully saturated rings. The van der Waals surface area contributed by atoms with Crippen LogP contribution in [-0.4, -0.2) is 43.3 Å². The molecule has 6 heteroatoms. The number of phenolic OH excluding ortho intramolecular Hbond substituents is 1. The zero-order valence-corrected chi connectivity index (χ0v) is 18.5. The summed E-state index contributed by atoms with van der Waals surface area (Å²) in [6.45, 7) is 9.61. The van der Waals surface area contributed by atoms with E-state index in [4.69, 9.17) is 0 Å². The lowest BCUT2D eigenvalue weighted by Crippen LogP contribution is -2.42. The van der Waals surface area contributed by atoms with Gasteiger partial charge in [0.15, 0.2) is 5.82 Å². The molecule has 0 radical (unpaired) electrons. The molecule has 4 saturated carbocycles. The van der Waals surface area contributed by atoms with Gasteiger partial charge in [-0.25, -0.2) is 4.68 Å². The molecule has 4 bridgehead atoms. The van der Waals surface area contributed by atoms with Gasteiger partial charge in [-0.3, -0.25) is 4.90 Å². The van der Waals surface area contributed by atoms with Gasteiger partial charge < -0.3 is 5.11 Å². The van der Waals surface area contributed by atoms with E-state index in [0.29, 0.717) is 11.7 Å². The van der Waals surface area contributed by atoms with Gasteiger partial charge in [0.1, 0.15) is 11.8 Å². The Hall–Kier alpha value is -2.73. The topological polar surface area (TPSA) is 67.1 Å². The molecule has 5 aliphatic rings. The van der Waals surface area contributed by atoms with E-state index in [-0.39, 0.29) is 11.6 Å². The molecule has 1 aromatic carbocycles. The predicted molar refractivity (Wildman–Crippen MR) is 123 cm³/mol. The van der Waals surface area contributed by atoms with Gasteiger partial charge in [0.25, 0.3) is 0 Å². The number of nitrogens with zero attached hydrogens (tertiary/aromatic N) is 5. The summed E-state index contributed by atoms with van der Waals surface area (Å²) in [5, 5.41) is 24.3. The van der Waals surface area contributed by atoms with Gasteiger partial charge in [0.2, 0.25) is 0 Å². The summed E-state index contributed by atoms with van der Waals surface area (Å²) in [5.41, 5.74) is 3.35. The van der Waals surface area contributed by atoms with Gasteiger partial charge in [-0.05, 0) is 83.9 Å². The summed E-state index contributed by atoms with van der Waals surface area (Å²) in [6.07, 6.45) is 11.2. The maximum absolute atomic E-state index is 10.9. The third-order valence-corrected chi connectivity index (χ3v) is 8.65. The predicted octanol–water partition coefficient (Wildman–Crippen LogP) is 4.38. The average Bonchev–Trinajstić information content (AvgIpc) is 3.45. The molecule has 32 heavy (non-hydrogen) atoms. The fraction of sp³-hybridized carbons (Fsp3) is 0.500. The molecule has 1 N–H and O–H groups in total. The third-order valence-electron chi connectivity index (χ3n) is 8.65. The van der Waals surface area contributed by atoms with E-state index in [1.807, 2.05) is 30.4 Å². The number of hydrogen-bond acceptors (Lipinski definition) is 5. The lowest BCUT2D eigenvalue weighted by Gasteiger charge is -2.38. The lowest BCUT2D eigenvalue weighted by atomic mass is 9.80. The number of benzene rings is 1. The van der Waals surface area contributed by atoms with Crippen LogP contribution in [0.2, 0.25) is 0 Å². The van der Waals surface area contributed by atoms with Crippen molar-refractivity contribution in [3.05, 3.63) is 72.1 Å². The van der Waals surface area contributed by atoms with Crippen molar-refractivity contribution < 1.29 is 5.11 Å². The molecule has 6 nitrogen and oxygen atoms in total. The Balaban J connectivity index is 1.46. The molecule has 3 unspecified atom stereocenters. The Labute approximate surface area is 189 Å². The van der Waals surface area contributed by atoms with Crippen LogP contribution in [0.4, 0.5) is 0 Å². The van der Waals surface area contributed by atoms with E-state index in [1.54, 1.807) is 6.07 Å². The summed E-state index contributed by atoms with van der Waals surface area (Å²) in [7, 11) is 0. The normalized spacial score (nSPS) is 32.4. The van der Waals surface area contributed by atoms with Gasteiger partial charge in [-0.2, -0.15) is 0 Å². The molecular formula is C26H31N5O. The van der Waals surface area contributed by atoms with Crippen molar-refractivity contribution in [1.82, 2.24) is 25.1 Å². The lowest BCUT2D eigenvalue weighted by molar-refractivity contribution is 0.155. The van der Waals surface area contributed by atoms with Gasteiger partial charge in [0, 0.05) is 18.7 Å².